The van der Waals surface area contributed by atoms with Crippen molar-refractivity contribution in [2.24, 2.45) is 23.1 Å². The fourth-order valence-corrected chi connectivity index (χ4v) is 12.0. The molecule has 0 bridgehead atoms. The molecule has 0 saturated heterocycles. The third-order valence-electron chi connectivity index (χ3n) is 19.0. The van der Waals surface area contributed by atoms with E-state index in [0.29, 0.717) is 22.3 Å². The molecule has 0 aromatic heterocycles. The van der Waals surface area contributed by atoms with Crippen LogP contribution >= 0.6 is 0 Å². The summed E-state index contributed by atoms with van der Waals surface area (Å²) in [6, 6.07) is 8.10. The number of aliphatic carboxylic acids is 1. The lowest BCUT2D eigenvalue weighted by atomic mass is 10.0. The highest BCUT2D eigenvalue weighted by Crippen LogP contribution is 2.14. The Kier molecular flexibility index (Phi) is 43.8. The first-order valence-corrected chi connectivity index (χ1v) is 40.2. The number of aliphatic hydroxyl groups is 3. The van der Waals surface area contributed by atoms with Crippen LogP contribution in [0.1, 0.15) is 110 Å². The van der Waals surface area contributed by atoms with Gasteiger partial charge < -0.3 is 128 Å². The molecule has 4 aromatic rings. The molecule has 0 aliphatic carbocycles. The zero-order chi connectivity index (χ0) is 93.3. The van der Waals surface area contributed by atoms with Crippen molar-refractivity contribution < 1.29 is 107 Å². The number of aliphatic hydroxyl groups excluding tert-OH is 3. The Balaban J connectivity index is 1.55. The standard InChI is InChI=1S/C82H117N21O22/c1-42(2)33-55(99-79(122)61(40-104)94-64(108)39-83)73(116)102-62(41-105)78(121)91-47(7)70(113)96-56(34-50-23-14-10-15-24-50)75(118)100-58(36-52-27-18-12-19-28-52)74(117)95-54(31-22-32-87-82(85)86)71(114)89-46(6)69(112)97-57(35-51-25-16-11-17-26-51)76(119)101-60(38-63(84)107)72(115)90-43(3)66(109)88-45(5)68(111)98-59(37-53-29-20-13-21-30-53)77(120)103-65(49(9)106)80(123)92-44(4)67(110)93-48(8)81(124)125/h10-21,23-30,42-49,54-62,65,104-106H,22,31-41,83H2,1-9H3,(H2,84,107)(H,88,109)(H,89,114)(H,90,115)(H,91,121)(H,92,123)(H,93,110)(H,94,108)(H,95,117)(H,96,113)(H,97,112)(H,98,111)(H,99,122)(H,100,118)(H,101,119)(H,102,116)(H,103,120)(H,124,125)(H4,85,86,87)/t43-,44-,45-,46-,47-,48-,49+,54-,55-,56-,57-,58-,59-,60-,61-,62-,65-/m0/s1. The van der Waals surface area contributed by atoms with Gasteiger partial charge in [0.25, 0.3) is 0 Å². The smallest absolute Gasteiger partial charge is 0.325 e. The lowest BCUT2D eigenvalue weighted by molar-refractivity contribution is -0.142. The molecule has 0 heterocycles. The molecule has 125 heavy (non-hydrogen) atoms. The van der Waals surface area contributed by atoms with Crippen molar-refractivity contribution in [2.45, 2.75) is 216 Å². The molecular formula is C82H117N21O22. The Morgan fingerprint density at radius 1 is 0.336 bits per heavy atom. The van der Waals surface area contributed by atoms with Crippen LogP contribution < -0.4 is 108 Å². The minimum Gasteiger partial charge on any atom is -0.480 e. The zero-order valence-corrected chi connectivity index (χ0v) is 70.8. The zero-order valence-electron chi connectivity index (χ0n) is 70.8. The molecule has 4 aromatic carbocycles. The first-order chi connectivity index (χ1) is 59.0. The summed E-state index contributed by atoms with van der Waals surface area (Å²) >= 11 is 0. The molecule has 28 N–H and O–H groups in total. The number of carbonyl (C=O) groups is 18. The summed E-state index contributed by atoms with van der Waals surface area (Å²) in [4.78, 5) is 245. The topological polar surface area (TPSA) is 695 Å². The third-order valence-corrected chi connectivity index (χ3v) is 19.0. The third kappa shape index (κ3) is 37.0. The summed E-state index contributed by atoms with van der Waals surface area (Å²) < 4.78 is 0. The number of nitrogens with one attached hydrogen (secondary N) is 18. The fraction of sp³-hybridized carbons (Fsp3) is 0.476. The highest BCUT2D eigenvalue weighted by atomic mass is 16.4. The van der Waals surface area contributed by atoms with Crippen LogP contribution in [0, 0.1) is 11.3 Å². The van der Waals surface area contributed by atoms with E-state index in [1.807, 2.05) is 0 Å². The van der Waals surface area contributed by atoms with Crippen molar-refractivity contribution in [1.29, 1.82) is 5.41 Å². The van der Waals surface area contributed by atoms with Gasteiger partial charge in [-0.15, -0.1) is 0 Å². The van der Waals surface area contributed by atoms with Crippen LogP contribution in [0.4, 0.5) is 0 Å². The molecule has 17 amide bonds. The monoisotopic (exact) mass is 1750 g/mol. The van der Waals surface area contributed by atoms with Crippen LogP contribution in [0.25, 0.3) is 0 Å². The first-order valence-electron chi connectivity index (χ1n) is 40.2. The van der Waals surface area contributed by atoms with E-state index in [1.165, 1.54) is 41.5 Å². The van der Waals surface area contributed by atoms with Gasteiger partial charge in [-0.05, 0) is 95.9 Å². The molecule has 43 heteroatoms. The average molecular weight is 1750 g/mol. The van der Waals surface area contributed by atoms with Crippen molar-refractivity contribution >= 4 is 112 Å². The molecule has 0 saturated carbocycles. The van der Waals surface area contributed by atoms with Gasteiger partial charge in [-0.1, -0.05) is 135 Å². The molecule has 43 nitrogen and oxygen atoms in total. The van der Waals surface area contributed by atoms with Crippen LogP contribution in [0.2, 0.25) is 0 Å². The fourth-order valence-electron chi connectivity index (χ4n) is 12.0. The molecule has 682 valence electrons. The summed E-state index contributed by atoms with van der Waals surface area (Å²) in [5, 5.41) is 89.1. The molecule has 17 atom stereocenters. The summed E-state index contributed by atoms with van der Waals surface area (Å²) in [5.74, 6) is -19.1. The first kappa shape index (κ1) is 104. The number of primary amides is 1. The van der Waals surface area contributed by atoms with Gasteiger partial charge >= 0.3 is 5.97 Å². The van der Waals surface area contributed by atoms with E-state index < -0.39 is 241 Å². The Morgan fingerprint density at radius 2 is 0.608 bits per heavy atom. The molecular weight excluding hydrogens is 1630 g/mol. The van der Waals surface area contributed by atoms with Crippen molar-refractivity contribution in [3.8, 4) is 0 Å². The normalized spacial score (nSPS) is 15.1. The number of benzene rings is 4. The van der Waals surface area contributed by atoms with Crippen LogP contribution in [0.3, 0.4) is 0 Å². The quantitative estimate of drug-likeness (QED) is 0.0111. The highest BCUT2D eigenvalue weighted by molar-refractivity contribution is 6.02. The van der Waals surface area contributed by atoms with E-state index in [9.17, 15) is 107 Å². The predicted octanol–water partition coefficient (Wildman–Crippen LogP) is -7.57. The molecule has 0 spiro atoms. The van der Waals surface area contributed by atoms with E-state index in [4.69, 9.17) is 22.6 Å². The molecule has 0 radical (unpaired) electrons. The second-order valence-corrected chi connectivity index (χ2v) is 30.2. The second-order valence-electron chi connectivity index (χ2n) is 30.2. The van der Waals surface area contributed by atoms with Crippen LogP contribution in [-0.4, -0.2) is 262 Å². The Bertz CT molecular complexity index is 4360. The van der Waals surface area contributed by atoms with Crippen LogP contribution in [0.5, 0.6) is 0 Å². The van der Waals surface area contributed by atoms with E-state index in [0.717, 1.165) is 6.92 Å². The van der Waals surface area contributed by atoms with E-state index >= 15 is 0 Å². The van der Waals surface area contributed by atoms with Crippen molar-refractivity contribution in [2.75, 3.05) is 26.3 Å². The molecule has 0 fully saturated rings. The maximum Gasteiger partial charge on any atom is 0.325 e. The number of rotatable bonds is 52. The second kappa shape index (κ2) is 52.7. The van der Waals surface area contributed by atoms with E-state index in [-0.39, 0.29) is 57.4 Å². The number of amides is 17. The van der Waals surface area contributed by atoms with Gasteiger partial charge in [-0.2, -0.15) is 0 Å². The Hall–Kier alpha value is -13.5. The number of carboxylic acids is 1. The highest BCUT2D eigenvalue weighted by Gasteiger charge is 2.39. The van der Waals surface area contributed by atoms with Crippen LogP contribution in [-0.2, 0) is 112 Å². The number of nitrogens with two attached hydrogens (primary N) is 3. The number of hydrogen-bond acceptors (Lipinski definition) is 23. The number of hydrogen-bond donors (Lipinski definition) is 25. The van der Waals surface area contributed by atoms with Gasteiger partial charge in [0.2, 0.25) is 100 Å². The minimum atomic E-state index is -1.85. The maximum absolute atomic E-state index is 14.9. The Morgan fingerprint density at radius 3 is 0.952 bits per heavy atom. The summed E-state index contributed by atoms with van der Waals surface area (Å²) in [5.41, 5.74) is 18.4. The van der Waals surface area contributed by atoms with Gasteiger partial charge in [0, 0.05) is 32.2 Å². The van der Waals surface area contributed by atoms with Crippen LogP contribution in [0.15, 0.2) is 121 Å². The van der Waals surface area contributed by atoms with Crippen molar-refractivity contribution in [3.05, 3.63) is 144 Å². The predicted molar refractivity (Wildman–Crippen MR) is 450 cm³/mol. The maximum atomic E-state index is 14.9. The molecule has 0 aliphatic heterocycles. The lowest BCUT2D eigenvalue weighted by Gasteiger charge is -2.28. The van der Waals surface area contributed by atoms with Gasteiger partial charge in [0.15, 0.2) is 5.96 Å². The molecule has 0 unspecified atom stereocenters. The molecule has 4 rings (SSSR count). The van der Waals surface area contributed by atoms with E-state index in [1.54, 1.807) is 135 Å². The SMILES string of the molecule is CC(C)C[C@H](NC(=O)[C@H](CO)NC(=O)CN)C(=O)N[C@@H](CO)C(=O)N[C@@H](C)C(=O)N[C@@H](Cc1ccccc1)C(=O)N[C@@H](Cc1ccccc1)C(=O)N[C@@H](CCCNC(=N)N)C(=O)N[C@@H](C)C(=O)N[C@@H](Cc1ccccc1)C(=O)N[C@@H](CC(N)=O)C(=O)N[C@@H](C)C(=O)N[C@@H](C)C(=O)N[C@@H](Cc1ccccc1)C(=O)N[C@H](C(=O)N[C@@H](C)C(=O)N[C@@H](C)C(=O)O)[C@@H](C)O. The molecule has 0 aliphatic rings. The Labute approximate surface area is 721 Å². The average Bonchev–Trinajstić information content (AvgIpc) is 0.855. The van der Waals surface area contributed by atoms with Gasteiger partial charge in [0.05, 0.1) is 32.3 Å². The number of carboxylic acid groups (broad SMARTS) is 1. The summed E-state index contributed by atoms with van der Waals surface area (Å²) in [7, 11) is 0. The number of carbonyl (C=O) groups excluding carboxylic acids is 17. The van der Waals surface area contributed by atoms with Crippen molar-refractivity contribution in [3.63, 3.8) is 0 Å². The largest absolute Gasteiger partial charge is 0.480 e. The van der Waals surface area contributed by atoms with E-state index in [2.05, 4.69) is 90.4 Å². The van der Waals surface area contributed by atoms with Gasteiger partial charge in [-0.3, -0.25) is 91.7 Å². The van der Waals surface area contributed by atoms with Crippen molar-refractivity contribution in [1.82, 2.24) is 90.4 Å². The lowest BCUT2D eigenvalue weighted by Crippen LogP contribution is -2.61. The number of guanidine groups is 1. The summed E-state index contributed by atoms with van der Waals surface area (Å²) in [6.45, 7) is 9.46. The van der Waals surface area contributed by atoms with Gasteiger partial charge in [-0.25, -0.2) is 0 Å². The minimum absolute atomic E-state index is 0.0171. The van der Waals surface area contributed by atoms with Gasteiger partial charge in [0.1, 0.15) is 96.7 Å². The summed E-state index contributed by atoms with van der Waals surface area (Å²) in [6.07, 6.45) is -3.66.